The third-order valence-electron chi connectivity index (χ3n) is 5.25. The van der Waals surface area contributed by atoms with Crippen LogP contribution in [-0.2, 0) is 15.6 Å². The third-order valence-corrected chi connectivity index (χ3v) is 10.7. The molecule has 0 aliphatic carbocycles. The molecule has 1 atom stereocenters. The van der Waals surface area contributed by atoms with Crippen LogP contribution in [-0.4, -0.2) is 38.6 Å². The van der Waals surface area contributed by atoms with Gasteiger partial charge in [0.2, 0.25) is 0 Å². The van der Waals surface area contributed by atoms with E-state index in [1.807, 2.05) is 36.4 Å². The van der Waals surface area contributed by atoms with E-state index in [2.05, 4.69) is 33.9 Å². The van der Waals surface area contributed by atoms with E-state index in [0.717, 1.165) is 22.3 Å². The number of rotatable bonds is 8. The standard InChI is InChI=1S/C22H30O4SSi/c1-22(2,3)28(5,6)26-14-13-25-21-12-7-17(16-23)15-20(21)18-8-10-19(11-9-18)27(4)24/h7-12,15-16H,13-14H2,1-6H3. The fourth-order valence-electron chi connectivity index (χ4n) is 2.46. The van der Waals surface area contributed by atoms with Gasteiger partial charge < -0.3 is 13.7 Å². The van der Waals surface area contributed by atoms with E-state index in [0.29, 0.717) is 24.5 Å². The van der Waals surface area contributed by atoms with Gasteiger partial charge in [-0.25, -0.2) is 0 Å². The van der Waals surface area contributed by atoms with Gasteiger partial charge in [0.25, 0.3) is 0 Å². The topological polar surface area (TPSA) is 58.6 Å². The summed E-state index contributed by atoms with van der Waals surface area (Å²) < 4.78 is 23.8. The Balaban J connectivity index is 2.15. The molecule has 0 N–H and O–H groups in total. The van der Waals surface area contributed by atoms with Crippen molar-refractivity contribution in [1.29, 1.82) is 0 Å². The van der Waals surface area contributed by atoms with Crippen LogP contribution in [0.1, 0.15) is 31.1 Å². The molecule has 0 saturated heterocycles. The summed E-state index contributed by atoms with van der Waals surface area (Å²) in [6, 6.07) is 12.9. The second-order valence-corrected chi connectivity index (χ2v) is 14.5. The second kappa shape index (κ2) is 9.26. The number of ether oxygens (including phenoxy) is 1. The number of hydrogen-bond donors (Lipinski definition) is 0. The van der Waals surface area contributed by atoms with Crippen LogP contribution >= 0.6 is 0 Å². The Hall–Kier alpha value is -1.60. The normalized spacial score (nSPS) is 13.2. The van der Waals surface area contributed by atoms with Gasteiger partial charge in [0.05, 0.1) is 6.61 Å². The molecule has 2 rings (SSSR count). The largest absolute Gasteiger partial charge is 0.612 e. The van der Waals surface area contributed by atoms with Gasteiger partial charge in [-0.1, -0.05) is 20.8 Å². The zero-order valence-electron chi connectivity index (χ0n) is 17.6. The molecule has 2 aromatic carbocycles. The van der Waals surface area contributed by atoms with Crippen LogP contribution in [0.15, 0.2) is 47.4 Å². The number of hydrogen-bond acceptors (Lipinski definition) is 4. The highest BCUT2D eigenvalue weighted by molar-refractivity contribution is 7.90. The molecule has 0 radical (unpaired) electrons. The van der Waals surface area contributed by atoms with E-state index in [1.54, 1.807) is 12.3 Å². The summed E-state index contributed by atoms with van der Waals surface area (Å²) in [5.74, 6) is 0.704. The van der Waals surface area contributed by atoms with E-state index < -0.39 is 19.5 Å². The summed E-state index contributed by atoms with van der Waals surface area (Å²) in [7, 11) is -1.81. The Morgan fingerprint density at radius 1 is 1.07 bits per heavy atom. The first kappa shape index (κ1) is 22.7. The third kappa shape index (κ3) is 5.70. The molecule has 0 heterocycles. The number of aldehydes is 1. The highest BCUT2D eigenvalue weighted by Crippen LogP contribution is 2.36. The highest BCUT2D eigenvalue weighted by atomic mass is 32.2. The molecule has 0 amide bonds. The van der Waals surface area contributed by atoms with Crippen LogP contribution in [0.25, 0.3) is 11.1 Å². The lowest BCUT2D eigenvalue weighted by Crippen LogP contribution is -2.41. The van der Waals surface area contributed by atoms with E-state index in [9.17, 15) is 9.35 Å². The average Bonchev–Trinajstić information content (AvgIpc) is 2.64. The van der Waals surface area contributed by atoms with Crippen LogP contribution in [0.4, 0.5) is 0 Å². The number of carbonyl (C=O) groups is 1. The fourth-order valence-corrected chi connectivity index (χ4v) is 4.01. The molecule has 0 fully saturated rings. The Bertz CT molecular complexity index is 795. The fraction of sp³-hybridized carbons (Fsp3) is 0.409. The maximum Gasteiger partial charge on any atom is 0.192 e. The number of carbonyl (C=O) groups excluding carboxylic acids is 1. The summed E-state index contributed by atoms with van der Waals surface area (Å²) in [5.41, 5.74) is 2.34. The van der Waals surface area contributed by atoms with Crippen molar-refractivity contribution in [2.75, 3.05) is 19.5 Å². The minimum Gasteiger partial charge on any atom is -0.612 e. The Kier molecular flexibility index (Phi) is 7.50. The van der Waals surface area contributed by atoms with Crippen LogP contribution in [0.3, 0.4) is 0 Å². The van der Waals surface area contributed by atoms with Gasteiger partial charge in [0.1, 0.15) is 24.9 Å². The summed E-state index contributed by atoms with van der Waals surface area (Å²) >= 11 is -1.03. The summed E-state index contributed by atoms with van der Waals surface area (Å²) in [4.78, 5) is 12.0. The lowest BCUT2D eigenvalue weighted by molar-refractivity contribution is 0.112. The average molecular weight is 419 g/mol. The van der Waals surface area contributed by atoms with Crippen molar-refractivity contribution in [3.8, 4) is 16.9 Å². The Labute approximate surface area is 172 Å². The van der Waals surface area contributed by atoms with Gasteiger partial charge in [-0.2, -0.15) is 0 Å². The van der Waals surface area contributed by atoms with Gasteiger partial charge in [-0.05, 0) is 77.3 Å². The molecule has 0 aliphatic rings. The maximum atomic E-state index is 11.6. The lowest BCUT2D eigenvalue weighted by atomic mass is 10.0. The van der Waals surface area contributed by atoms with Gasteiger partial charge >= 0.3 is 0 Å². The van der Waals surface area contributed by atoms with Gasteiger partial charge in [-0.15, -0.1) is 0 Å². The SMILES string of the molecule is C[S+]([O-])c1ccc(-c2cc(C=O)ccc2OCCO[Si](C)(C)C(C)(C)C)cc1. The molecule has 1 unspecified atom stereocenters. The minimum absolute atomic E-state index is 0.158. The Morgan fingerprint density at radius 3 is 2.25 bits per heavy atom. The van der Waals surface area contributed by atoms with E-state index >= 15 is 0 Å². The first-order valence-corrected chi connectivity index (χ1v) is 13.8. The first-order valence-electron chi connectivity index (χ1n) is 9.35. The second-order valence-electron chi connectivity index (χ2n) is 8.31. The maximum absolute atomic E-state index is 11.6. The first-order chi connectivity index (χ1) is 13.0. The van der Waals surface area contributed by atoms with E-state index in [-0.39, 0.29) is 5.04 Å². The van der Waals surface area contributed by atoms with Crippen LogP contribution in [0.5, 0.6) is 5.75 Å². The molecule has 28 heavy (non-hydrogen) atoms. The van der Waals surface area contributed by atoms with Crippen molar-refractivity contribution in [2.45, 2.75) is 43.8 Å². The molecule has 0 saturated carbocycles. The van der Waals surface area contributed by atoms with E-state index in [4.69, 9.17) is 9.16 Å². The van der Waals surface area contributed by atoms with Crippen molar-refractivity contribution in [3.63, 3.8) is 0 Å². The van der Waals surface area contributed by atoms with Gasteiger partial charge in [0.15, 0.2) is 13.2 Å². The van der Waals surface area contributed by atoms with Crippen molar-refractivity contribution in [1.82, 2.24) is 0 Å². The summed E-state index contributed by atoms with van der Waals surface area (Å²) in [5, 5.41) is 0.158. The zero-order valence-corrected chi connectivity index (χ0v) is 19.4. The molecular formula is C22H30O4SSi. The molecule has 0 aromatic heterocycles. The summed E-state index contributed by atoms with van der Waals surface area (Å²) in [6.07, 6.45) is 2.47. The van der Waals surface area contributed by atoms with Gasteiger partial charge in [0, 0.05) is 11.1 Å². The zero-order chi connectivity index (χ0) is 20.9. The smallest absolute Gasteiger partial charge is 0.192 e. The van der Waals surface area contributed by atoms with Crippen LogP contribution < -0.4 is 4.74 Å². The van der Waals surface area contributed by atoms with Crippen molar-refractivity contribution in [3.05, 3.63) is 48.0 Å². The predicted molar refractivity (Wildman–Crippen MR) is 118 cm³/mol. The Morgan fingerprint density at radius 2 is 1.71 bits per heavy atom. The quantitative estimate of drug-likeness (QED) is 0.252. The molecule has 2 aromatic rings. The molecule has 152 valence electrons. The monoisotopic (exact) mass is 418 g/mol. The molecule has 4 nitrogen and oxygen atoms in total. The van der Waals surface area contributed by atoms with E-state index in [1.165, 1.54) is 0 Å². The van der Waals surface area contributed by atoms with Crippen molar-refractivity contribution < 1.29 is 18.5 Å². The van der Waals surface area contributed by atoms with Crippen LogP contribution in [0, 0.1) is 0 Å². The lowest BCUT2D eigenvalue weighted by Gasteiger charge is -2.36. The summed E-state index contributed by atoms with van der Waals surface area (Å²) in [6.45, 7) is 12.0. The minimum atomic E-state index is -1.81. The molecular weight excluding hydrogens is 388 g/mol. The molecule has 0 spiro atoms. The van der Waals surface area contributed by atoms with Crippen LogP contribution in [0.2, 0.25) is 18.1 Å². The van der Waals surface area contributed by atoms with Gasteiger partial charge in [-0.3, -0.25) is 4.79 Å². The highest BCUT2D eigenvalue weighted by Gasteiger charge is 2.36. The molecule has 6 heteroatoms. The molecule has 0 aliphatic heterocycles. The number of benzene rings is 2. The van der Waals surface area contributed by atoms with Crippen molar-refractivity contribution in [2.24, 2.45) is 0 Å². The molecule has 0 bridgehead atoms. The van der Waals surface area contributed by atoms with Crippen molar-refractivity contribution >= 4 is 25.8 Å². The predicted octanol–water partition coefficient (Wildman–Crippen LogP) is 5.30.